The van der Waals surface area contributed by atoms with Gasteiger partial charge in [-0.3, -0.25) is 9.48 Å². The van der Waals surface area contributed by atoms with Crippen LogP contribution >= 0.6 is 0 Å². The Morgan fingerprint density at radius 1 is 1.48 bits per heavy atom. The summed E-state index contributed by atoms with van der Waals surface area (Å²) in [4.78, 5) is 11.0. The summed E-state index contributed by atoms with van der Waals surface area (Å²) >= 11 is 0. The van der Waals surface area contributed by atoms with Crippen molar-refractivity contribution in [1.29, 1.82) is 0 Å². The van der Waals surface area contributed by atoms with E-state index in [0.717, 1.165) is 42.8 Å². The first-order valence-electron chi connectivity index (χ1n) is 7.49. The number of aryl methyl sites for hydroxylation is 1. The normalized spacial score (nSPS) is 29.1. The molecule has 6 nitrogen and oxygen atoms in total. The van der Waals surface area contributed by atoms with Crippen molar-refractivity contribution >= 4 is 5.97 Å². The fraction of sp³-hybridized carbons (Fsp3) is 0.733. The molecule has 2 saturated heterocycles. The fourth-order valence-electron chi connectivity index (χ4n) is 3.53. The Hall–Kier alpha value is -1.40. The second-order valence-corrected chi connectivity index (χ2v) is 6.15. The van der Waals surface area contributed by atoms with E-state index in [2.05, 4.69) is 5.10 Å². The van der Waals surface area contributed by atoms with Crippen LogP contribution in [0.25, 0.3) is 0 Å². The van der Waals surface area contributed by atoms with Gasteiger partial charge in [0.1, 0.15) is 0 Å². The zero-order chi connectivity index (χ0) is 15.0. The van der Waals surface area contributed by atoms with E-state index in [0.29, 0.717) is 13.2 Å². The standard InChI is InChI=1S/C15H22N2O4/c1-10-13(7-14(18)19)11(2)17(16-10)12-3-5-21-15(8-12)4-6-20-9-15/h12H,3-9H2,1-2H3,(H,18,19). The lowest BCUT2D eigenvalue weighted by Gasteiger charge is -2.37. The molecule has 2 aliphatic heterocycles. The third-order valence-corrected chi connectivity index (χ3v) is 4.68. The van der Waals surface area contributed by atoms with E-state index in [1.165, 1.54) is 0 Å². The first-order valence-corrected chi connectivity index (χ1v) is 7.49. The van der Waals surface area contributed by atoms with E-state index in [1.54, 1.807) is 0 Å². The maximum absolute atomic E-state index is 11.0. The number of rotatable bonds is 3. The molecule has 1 N–H and O–H groups in total. The van der Waals surface area contributed by atoms with Gasteiger partial charge in [-0.05, 0) is 20.3 Å². The number of hydrogen-bond donors (Lipinski definition) is 1. The van der Waals surface area contributed by atoms with Gasteiger partial charge in [-0.25, -0.2) is 0 Å². The summed E-state index contributed by atoms with van der Waals surface area (Å²) in [5.41, 5.74) is 2.46. The summed E-state index contributed by atoms with van der Waals surface area (Å²) in [6.07, 6.45) is 2.78. The molecule has 0 amide bonds. The summed E-state index contributed by atoms with van der Waals surface area (Å²) in [6, 6.07) is 0.265. The predicted molar refractivity (Wildman–Crippen MR) is 75.4 cm³/mol. The summed E-state index contributed by atoms with van der Waals surface area (Å²) in [5.74, 6) is -0.812. The molecule has 0 aromatic carbocycles. The molecule has 116 valence electrons. The number of aromatic nitrogens is 2. The van der Waals surface area contributed by atoms with Gasteiger partial charge >= 0.3 is 5.97 Å². The van der Waals surface area contributed by atoms with E-state index in [4.69, 9.17) is 14.6 Å². The molecule has 2 fully saturated rings. The summed E-state index contributed by atoms with van der Waals surface area (Å²) in [7, 11) is 0. The Kier molecular flexibility index (Phi) is 3.75. The third-order valence-electron chi connectivity index (χ3n) is 4.68. The van der Waals surface area contributed by atoms with E-state index >= 15 is 0 Å². The molecular weight excluding hydrogens is 272 g/mol. The predicted octanol–water partition coefficient (Wildman–Crippen LogP) is 1.64. The molecule has 2 atom stereocenters. The molecule has 6 heteroatoms. The van der Waals surface area contributed by atoms with Crippen molar-refractivity contribution in [1.82, 2.24) is 9.78 Å². The summed E-state index contributed by atoms with van der Waals surface area (Å²) < 4.78 is 13.5. The van der Waals surface area contributed by atoms with E-state index in [1.807, 2.05) is 18.5 Å². The van der Waals surface area contributed by atoms with Gasteiger partial charge in [-0.1, -0.05) is 0 Å². The highest BCUT2D eigenvalue weighted by Crippen LogP contribution is 2.38. The second-order valence-electron chi connectivity index (χ2n) is 6.15. The van der Waals surface area contributed by atoms with Gasteiger partial charge in [-0.15, -0.1) is 0 Å². The number of carbonyl (C=O) groups is 1. The minimum absolute atomic E-state index is 0.0368. The van der Waals surface area contributed by atoms with Crippen molar-refractivity contribution < 1.29 is 19.4 Å². The molecule has 1 aromatic rings. The van der Waals surface area contributed by atoms with E-state index < -0.39 is 5.97 Å². The van der Waals surface area contributed by atoms with Crippen LogP contribution in [0.1, 0.15) is 42.3 Å². The van der Waals surface area contributed by atoms with Crippen LogP contribution in [0.15, 0.2) is 0 Å². The number of carboxylic acids is 1. The molecule has 1 aromatic heterocycles. The largest absolute Gasteiger partial charge is 0.481 e. The van der Waals surface area contributed by atoms with Gasteiger partial charge in [0.15, 0.2) is 0 Å². The highest BCUT2D eigenvalue weighted by Gasteiger charge is 2.42. The molecule has 0 aliphatic carbocycles. The number of ether oxygens (including phenoxy) is 2. The Morgan fingerprint density at radius 2 is 2.29 bits per heavy atom. The molecular formula is C15H22N2O4. The number of carboxylic acid groups (broad SMARTS) is 1. The molecule has 21 heavy (non-hydrogen) atoms. The average Bonchev–Trinajstić information content (AvgIpc) is 2.98. The molecule has 0 saturated carbocycles. The third kappa shape index (κ3) is 2.70. The lowest BCUT2D eigenvalue weighted by atomic mass is 9.89. The van der Waals surface area contributed by atoms with Crippen molar-refractivity contribution in [2.75, 3.05) is 19.8 Å². The molecule has 2 aliphatic rings. The topological polar surface area (TPSA) is 73.6 Å². The highest BCUT2D eigenvalue weighted by atomic mass is 16.6. The molecule has 2 unspecified atom stereocenters. The summed E-state index contributed by atoms with van der Waals surface area (Å²) in [5, 5.41) is 13.6. The maximum atomic E-state index is 11.0. The number of nitrogens with zero attached hydrogens (tertiary/aromatic N) is 2. The van der Waals surface area contributed by atoms with Crippen LogP contribution in [-0.4, -0.2) is 46.3 Å². The number of hydrogen-bond acceptors (Lipinski definition) is 4. The zero-order valence-corrected chi connectivity index (χ0v) is 12.6. The Labute approximate surface area is 124 Å². The quantitative estimate of drug-likeness (QED) is 0.917. The van der Waals surface area contributed by atoms with Crippen LogP contribution in [0.2, 0.25) is 0 Å². The number of aliphatic carboxylic acids is 1. The van der Waals surface area contributed by atoms with E-state index in [-0.39, 0.29) is 18.1 Å². The van der Waals surface area contributed by atoms with Crippen molar-refractivity contribution in [2.45, 2.75) is 51.2 Å². The van der Waals surface area contributed by atoms with Crippen molar-refractivity contribution in [3.63, 3.8) is 0 Å². The van der Waals surface area contributed by atoms with Gasteiger partial charge in [0, 0.05) is 37.3 Å². The van der Waals surface area contributed by atoms with Gasteiger partial charge in [0.2, 0.25) is 0 Å². The SMILES string of the molecule is Cc1nn(C2CCOC3(CCOC3)C2)c(C)c1CC(=O)O. The van der Waals surface area contributed by atoms with Crippen LogP contribution in [0.3, 0.4) is 0 Å². The van der Waals surface area contributed by atoms with Gasteiger partial charge < -0.3 is 14.6 Å². The smallest absolute Gasteiger partial charge is 0.307 e. The lowest BCUT2D eigenvalue weighted by Crippen LogP contribution is -2.41. The van der Waals surface area contributed by atoms with Crippen LogP contribution in [-0.2, 0) is 20.7 Å². The average molecular weight is 294 g/mol. The molecule has 0 bridgehead atoms. The fourth-order valence-corrected chi connectivity index (χ4v) is 3.53. The highest BCUT2D eigenvalue weighted by molar-refractivity contribution is 5.70. The van der Waals surface area contributed by atoms with Crippen LogP contribution in [0.4, 0.5) is 0 Å². The van der Waals surface area contributed by atoms with Crippen molar-refractivity contribution in [2.24, 2.45) is 0 Å². The molecule has 1 spiro atoms. The van der Waals surface area contributed by atoms with Crippen LogP contribution in [0.5, 0.6) is 0 Å². The maximum Gasteiger partial charge on any atom is 0.307 e. The monoisotopic (exact) mass is 294 g/mol. The minimum Gasteiger partial charge on any atom is -0.481 e. The first kappa shape index (κ1) is 14.5. The zero-order valence-electron chi connectivity index (χ0n) is 12.6. The first-order chi connectivity index (χ1) is 10.0. The van der Waals surface area contributed by atoms with Crippen molar-refractivity contribution in [3.05, 3.63) is 17.0 Å². The molecule has 0 radical (unpaired) electrons. The summed E-state index contributed by atoms with van der Waals surface area (Å²) in [6.45, 7) is 5.97. The van der Waals surface area contributed by atoms with Crippen molar-refractivity contribution in [3.8, 4) is 0 Å². The Morgan fingerprint density at radius 3 is 2.95 bits per heavy atom. The molecule has 3 heterocycles. The Bertz CT molecular complexity index is 546. The van der Waals surface area contributed by atoms with Gasteiger partial charge in [0.05, 0.1) is 30.4 Å². The van der Waals surface area contributed by atoms with Crippen LogP contribution in [0, 0.1) is 13.8 Å². The van der Waals surface area contributed by atoms with Crippen LogP contribution < -0.4 is 0 Å². The van der Waals surface area contributed by atoms with Gasteiger partial charge in [0.25, 0.3) is 0 Å². The second kappa shape index (κ2) is 5.42. The van der Waals surface area contributed by atoms with Gasteiger partial charge in [-0.2, -0.15) is 5.10 Å². The lowest BCUT2D eigenvalue weighted by molar-refractivity contribution is -0.136. The Balaban J connectivity index is 1.84. The van der Waals surface area contributed by atoms with E-state index in [9.17, 15) is 4.79 Å². The minimum atomic E-state index is -0.812. The molecule has 3 rings (SSSR count).